The number of primary amides is 1. The second-order valence-corrected chi connectivity index (χ2v) is 5.13. The van der Waals surface area contributed by atoms with E-state index in [-0.39, 0.29) is 12.5 Å². The van der Waals surface area contributed by atoms with E-state index in [9.17, 15) is 4.79 Å². The summed E-state index contributed by atoms with van der Waals surface area (Å²) in [5.41, 5.74) is 13.1. The molecule has 0 aliphatic carbocycles. The monoisotopic (exact) mass is 313 g/mol. The van der Waals surface area contributed by atoms with Crippen molar-refractivity contribution in [1.82, 2.24) is 0 Å². The van der Waals surface area contributed by atoms with E-state index in [4.69, 9.17) is 11.5 Å². The highest BCUT2D eigenvalue weighted by Gasteiger charge is 2.13. The lowest BCUT2D eigenvalue weighted by Gasteiger charge is -2.25. The number of amides is 1. The number of halogens is 1. The SMILES string of the molecule is CCCCN(CC(N)=O)c1cc(Br)ccc1CN. The third kappa shape index (κ3) is 4.31. The Morgan fingerprint density at radius 1 is 1.44 bits per heavy atom. The zero-order chi connectivity index (χ0) is 13.5. The maximum absolute atomic E-state index is 11.2. The molecule has 5 heteroatoms. The average Bonchev–Trinajstić information content (AvgIpc) is 2.34. The van der Waals surface area contributed by atoms with Gasteiger partial charge in [-0.1, -0.05) is 35.3 Å². The summed E-state index contributed by atoms with van der Waals surface area (Å²) in [6, 6.07) is 5.91. The number of anilines is 1. The van der Waals surface area contributed by atoms with Gasteiger partial charge in [0.25, 0.3) is 0 Å². The Kier molecular flexibility index (Phi) is 6.15. The minimum atomic E-state index is -0.325. The highest BCUT2D eigenvalue weighted by atomic mass is 79.9. The molecule has 0 spiro atoms. The van der Waals surface area contributed by atoms with Gasteiger partial charge in [0.2, 0.25) is 5.91 Å². The van der Waals surface area contributed by atoms with Crippen molar-refractivity contribution in [3.05, 3.63) is 28.2 Å². The van der Waals surface area contributed by atoms with Crippen molar-refractivity contribution in [2.75, 3.05) is 18.0 Å². The normalized spacial score (nSPS) is 10.4. The summed E-state index contributed by atoms with van der Waals surface area (Å²) in [6.45, 7) is 3.60. The van der Waals surface area contributed by atoms with Crippen LogP contribution >= 0.6 is 15.9 Å². The van der Waals surface area contributed by atoms with Crippen LogP contribution in [0.5, 0.6) is 0 Å². The molecule has 1 amide bonds. The number of nitrogens with zero attached hydrogens (tertiary/aromatic N) is 1. The van der Waals surface area contributed by atoms with Crippen molar-refractivity contribution in [2.45, 2.75) is 26.3 Å². The van der Waals surface area contributed by atoms with Crippen LogP contribution in [0, 0.1) is 0 Å². The molecule has 4 N–H and O–H groups in total. The van der Waals surface area contributed by atoms with E-state index in [1.54, 1.807) is 0 Å². The van der Waals surface area contributed by atoms with Crippen LogP contribution in [0.15, 0.2) is 22.7 Å². The van der Waals surface area contributed by atoms with Gasteiger partial charge in [0.1, 0.15) is 0 Å². The predicted molar refractivity (Wildman–Crippen MR) is 78.3 cm³/mol. The molecule has 0 saturated heterocycles. The van der Waals surface area contributed by atoms with Gasteiger partial charge in [0.05, 0.1) is 6.54 Å². The van der Waals surface area contributed by atoms with Gasteiger partial charge < -0.3 is 16.4 Å². The maximum atomic E-state index is 11.2. The third-order valence-electron chi connectivity index (χ3n) is 2.74. The zero-order valence-electron chi connectivity index (χ0n) is 10.7. The summed E-state index contributed by atoms with van der Waals surface area (Å²) in [5, 5.41) is 0. The Balaban J connectivity index is 3.01. The summed E-state index contributed by atoms with van der Waals surface area (Å²) in [4.78, 5) is 13.2. The van der Waals surface area contributed by atoms with E-state index >= 15 is 0 Å². The first-order valence-electron chi connectivity index (χ1n) is 6.10. The first-order chi connectivity index (χ1) is 8.58. The molecule has 0 atom stereocenters. The van der Waals surface area contributed by atoms with Crippen LogP contribution in [0.2, 0.25) is 0 Å². The number of rotatable bonds is 7. The van der Waals surface area contributed by atoms with Gasteiger partial charge in [0.15, 0.2) is 0 Å². The summed E-state index contributed by atoms with van der Waals surface area (Å²) >= 11 is 3.44. The Hall–Kier alpha value is -1.07. The maximum Gasteiger partial charge on any atom is 0.236 e. The topological polar surface area (TPSA) is 72.3 Å². The fourth-order valence-electron chi connectivity index (χ4n) is 1.83. The molecule has 1 rings (SSSR count). The van der Waals surface area contributed by atoms with Crippen LogP contribution in [-0.2, 0) is 11.3 Å². The molecule has 0 aliphatic heterocycles. The van der Waals surface area contributed by atoms with Crippen LogP contribution in [0.25, 0.3) is 0 Å². The molecule has 18 heavy (non-hydrogen) atoms. The number of hydrogen-bond acceptors (Lipinski definition) is 3. The number of carbonyl (C=O) groups excluding carboxylic acids is 1. The molecule has 1 aromatic rings. The summed E-state index contributed by atoms with van der Waals surface area (Å²) < 4.78 is 0.973. The van der Waals surface area contributed by atoms with Gasteiger partial charge in [0, 0.05) is 23.2 Å². The Morgan fingerprint density at radius 2 is 2.17 bits per heavy atom. The predicted octanol–water partition coefficient (Wildman–Crippen LogP) is 2.00. The molecule has 0 radical (unpaired) electrons. The molecule has 0 saturated carbocycles. The molecule has 1 aromatic carbocycles. The van der Waals surface area contributed by atoms with Crippen molar-refractivity contribution >= 4 is 27.5 Å². The molecule has 0 aromatic heterocycles. The van der Waals surface area contributed by atoms with Crippen LogP contribution < -0.4 is 16.4 Å². The van der Waals surface area contributed by atoms with Crippen LogP contribution in [-0.4, -0.2) is 19.0 Å². The van der Waals surface area contributed by atoms with Gasteiger partial charge in [-0.05, 0) is 24.1 Å². The Morgan fingerprint density at radius 3 is 2.72 bits per heavy atom. The molecule has 100 valence electrons. The minimum Gasteiger partial charge on any atom is -0.368 e. The van der Waals surface area contributed by atoms with Crippen molar-refractivity contribution in [2.24, 2.45) is 11.5 Å². The summed E-state index contributed by atoms with van der Waals surface area (Å²) in [7, 11) is 0. The average molecular weight is 314 g/mol. The fraction of sp³-hybridized carbons (Fsp3) is 0.462. The first-order valence-corrected chi connectivity index (χ1v) is 6.89. The molecule has 0 bridgehead atoms. The Labute approximate surface area is 116 Å². The molecule has 4 nitrogen and oxygen atoms in total. The smallest absolute Gasteiger partial charge is 0.236 e. The van der Waals surface area contributed by atoms with Crippen LogP contribution in [0.3, 0.4) is 0 Å². The lowest BCUT2D eigenvalue weighted by molar-refractivity contribution is -0.116. The van der Waals surface area contributed by atoms with Gasteiger partial charge in [-0.15, -0.1) is 0 Å². The lowest BCUT2D eigenvalue weighted by Crippen LogP contribution is -2.35. The van der Waals surface area contributed by atoms with Crippen molar-refractivity contribution < 1.29 is 4.79 Å². The highest BCUT2D eigenvalue weighted by Crippen LogP contribution is 2.25. The van der Waals surface area contributed by atoms with Crippen molar-refractivity contribution in [1.29, 1.82) is 0 Å². The second kappa shape index (κ2) is 7.38. The standard InChI is InChI=1S/C13H20BrN3O/c1-2-3-6-17(9-13(16)18)12-7-11(14)5-4-10(12)8-15/h4-5,7H,2-3,6,8-9,15H2,1H3,(H2,16,18). The number of hydrogen-bond donors (Lipinski definition) is 2. The van der Waals surface area contributed by atoms with E-state index in [1.807, 2.05) is 23.1 Å². The molecule has 0 heterocycles. The molecule has 0 aliphatic rings. The first kappa shape index (κ1) is 15.0. The van der Waals surface area contributed by atoms with Crippen molar-refractivity contribution in [3.63, 3.8) is 0 Å². The lowest BCUT2D eigenvalue weighted by atomic mass is 10.1. The van der Waals surface area contributed by atoms with Crippen molar-refractivity contribution in [3.8, 4) is 0 Å². The van der Waals surface area contributed by atoms with E-state index in [2.05, 4.69) is 22.9 Å². The zero-order valence-corrected chi connectivity index (χ0v) is 12.2. The number of unbranched alkanes of at least 4 members (excludes halogenated alkanes) is 1. The largest absolute Gasteiger partial charge is 0.368 e. The molecule has 0 unspecified atom stereocenters. The van der Waals surface area contributed by atoms with Gasteiger partial charge >= 0.3 is 0 Å². The van der Waals surface area contributed by atoms with E-state index in [0.29, 0.717) is 6.54 Å². The minimum absolute atomic E-state index is 0.226. The van der Waals surface area contributed by atoms with E-state index in [0.717, 1.165) is 35.1 Å². The van der Waals surface area contributed by atoms with E-state index < -0.39 is 0 Å². The fourth-order valence-corrected chi connectivity index (χ4v) is 2.17. The molecular weight excluding hydrogens is 294 g/mol. The number of carbonyl (C=O) groups is 1. The molecular formula is C13H20BrN3O. The Bertz CT molecular complexity index is 409. The number of benzene rings is 1. The van der Waals surface area contributed by atoms with E-state index in [1.165, 1.54) is 0 Å². The molecule has 0 fully saturated rings. The highest BCUT2D eigenvalue weighted by molar-refractivity contribution is 9.10. The van der Waals surface area contributed by atoms with Gasteiger partial charge in [-0.2, -0.15) is 0 Å². The quantitative estimate of drug-likeness (QED) is 0.808. The third-order valence-corrected chi connectivity index (χ3v) is 3.23. The number of nitrogens with two attached hydrogens (primary N) is 2. The second-order valence-electron chi connectivity index (χ2n) is 4.22. The summed E-state index contributed by atoms with van der Waals surface area (Å²) in [6.07, 6.45) is 2.09. The van der Waals surface area contributed by atoms with Crippen LogP contribution in [0.1, 0.15) is 25.3 Å². The van der Waals surface area contributed by atoms with Crippen LogP contribution in [0.4, 0.5) is 5.69 Å². The summed E-state index contributed by atoms with van der Waals surface area (Å²) in [5.74, 6) is -0.325. The van der Waals surface area contributed by atoms with Gasteiger partial charge in [-0.25, -0.2) is 0 Å². The van der Waals surface area contributed by atoms with Gasteiger partial charge in [-0.3, -0.25) is 4.79 Å².